The van der Waals surface area contributed by atoms with Crippen LogP contribution in [0.25, 0.3) is 5.47 Å². The molecule has 0 unspecified atom stereocenters. The second-order valence-corrected chi connectivity index (χ2v) is 11.5. The lowest BCUT2D eigenvalue weighted by Gasteiger charge is -2.53. The van der Waals surface area contributed by atoms with E-state index in [2.05, 4.69) is 14.1 Å². The molecule has 11 heteroatoms. The number of hydrogen-bond donors (Lipinski definition) is 0. The minimum Gasteiger partial charge on any atom is -0.505 e. The van der Waals surface area contributed by atoms with E-state index in [9.17, 15) is 30.3 Å². The van der Waals surface area contributed by atoms with E-state index in [0.717, 1.165) is 54.2 Å². The summed E-state index contributed by atoms with van der Waals surface area (Å²) in [6.45, 7) is 0.727. The van der Waals surface area contributed by atoms with Gasteiger partial charge >= 0.3 is 0 Å². The van der Waals surface area contributed by atoms with Crippen LogP contribution in [0.5, 0.6) is 0 Å². The third-order valence-corrected chi connectivity index (χ3v) is 9.05. The van der Waals surface area contributed by atoms with Crippen LogP contribution in [0.3, 0.4) is 0 Å². The molecule has 0 radical (unpaired) electrons. The number of hydrogen-bond acceptors (Lipinski definition) is 6. The zero-order valence-corrected chi connectivity index (χ0v) is 22.6. The molecule has 40 heavy (non-hydrogen) atoms. The second-order valence-electron chi connectivity index (χ2n) is 11.5. The summed E-state index contributed by atoms with van der Waals surface area (Å²) >= 11 is 0. The minimum atomic E-state index is -1.87. The van der Waals surface area contributed by atoms with Gasteiger partial charge in [0, 0.05) is 50.5 Å². The van der Waals surface area contributed by atoms with Crippen LogP contribution in [0.2, 0.25) is 0 Å². The first kappa shape index (κ1) is 27.2. The van der Waals surface area contributed by atoms with Crippen LogP contribution in [0.4, 0.5) is 17.1 Å². The first-order valence-corrected chi connectivity index (χ1v) is 13.5. The van der Waals surface area contributed by atoms with E-state index in [0.29, 0.717) is 10.3 Å². The zero-order valence-electron chi connectivity index (χ0n) is 22.6. The summed E-state index contributed by atoms with van der Waals surface area (Å²) < 4.78 is 0.508. The normalized spacial score (nSPS) is 18.4. The SMILES string of the molecule is C[N+]1(C)CC(C2CCCCC2)=C(c2ccc([N+](=O)[O-])cc2)[B-]1(c1ccc([N+](=O)[O-])cc1)c1ccc([N+](=O)[O-])cc1. The molecule has 0 aromatic heterocycles. The first-order chi connectivity index (χ1) is 19.1. The van der Waals surface area contributed by atoms with Gasteiger partial charge < -0.3 is 4.39 Å². The number of nitro groups is 3. The molecule has 0 saturated heterocycles. The largest absolute Gasteiger partial charge is 0.505 e. The predicted octanol–water partition coefficient (Wildman–Crippen LogP) is 5.13. The highest BCUT2D eigenvalue weighted by molar-refractivity contribution is 7.10. The highest BCUT2D eigenvalue weighted by Gasteiger charge is 2.54. The molecule has 0 atom stereocenters. The van der Waals surface area contributed by atoms with Gasteiger partial charge in [0.05, 0.1) is 21.3 Å². The van der Waals surface area contributed by atoms with E-state index in [1.54, 1.807) is 36.4 Å². The van der Waals surface area contributed by atoms with E-state index >= 15 is 0 Å². The van der Waals surface area contributed by atoms with Gasteiger partial charge in [0.1, 0.15) is 0 Å². The fourth-order valence-electron chi connectivity index (χ4n) is 7.35. The van der Waals surface area contributed by atoms with Gasteiger partial charge in [-0.3, -0.25) is 30.3 Å². The second kappa shape index (κ2) is 10.3. The Balaban J connectivity index is 1.85. The van der Waals surface area contributed by atoms with Crippen molar-refractivity contribution in [2.45, 2.75) is 32.1 Å². The number of nitrogens with zero attached hydrogens (tertiary/aromatic N) is 4. The molecule has 0 N–H and O–H groups in total. The van der Waals surface area contributed by atoms with Crippen LogP contribution in [0.15, 0.2) is 78.4 Å². The Labute approximate surface area is 231 Å². The van der Waals surface area contributed by atoms with Gasteiger partial charge in [-0.15, -0.1) is 16.4 Å². The predicted molar refractivity (Wildman–Crippen MR) is 155 cm³/mol. The van der Waals surface area contributed by atoms with Crippen LogP contribution in [-0.4, -0.2) is 46.1 Å². The average molecular weight is 542 g/mol. The molecular formula is C29H31BN4O6. The van der Waals surface area contributed by atoms with Gasteiger partial charge in [-0.25, -0.2) is 0 Å². The molecule has 0 amide bonds. The molecule has 1 saturated carbocycles. The van der Waals surface area contributed by atoms with Gasteiger partial charge in [0.15, 0.2) is 0 Å². The monoisotopic (exact) mass is 542 g/mol. The Morgan fingerprint density at radius 1 is 0.650 bits per heavy atom. The third-order valence-electron chi connectivity index (χ3n) is 9.05. The number of benzene rings is 3. The van der Waals surface area contributed by atoms with E-state index < -0.39 is 21.1 Å². The van der Waals surface area contributed by atoms with Gasteiger partial charge in [-0.2, -0.15) is 0 Å². The molecular weight excluding hydrogens is 511 g/mol. The van der Waals surface area contributed by atoms with Crippen molar-refractivity contribution in [3.05, 3.63) is 114 Å². The van der Waals surface area contributed by atoms with Crippen molar-refractivity contribution in [2.75, 3.05) is 20.6 Å². The Morgan fingerprint density at radius 2 is 1.05 bits per heavy atom. The first-order valence-electron chi connectivity index (χ1n) is 13.5. The Bertz CT molecular complexity index is 1440. The summed E-state index contributed by atoms with van der Waals surface area (Å²) in [5.74, 6) is 0.344. The standard InChI is InChI=1S/C29H31BN4O6/c1-34(2)20-28(21-6-4-3-5-7-21)29(22-8-14-25(15-9-22)31(35)36)30(34,23-10-16-26(17-11-23)32(37)38)24-12-18-27(19-13-24)33(39)40/h8-19,21H,3-7,20H2,1-2H3. The highest BCUT2D eigenvalue weighted by Crippen LogP contribution is 2.47. The van der Waals surface area contributed by atoms with Crippen LogP contribution < -0.4 is 10.9 Å². The molecule has 1 fully saturated rings. The van der Waals surface area contributed by atoms with Crippen molar-refractivity contribution >= 4 is 39.7 Å². The van der Waals surface area contributed by atoms with Gasteiger partial charge in [0.25, 0.3) is 23.3 Å². The average Bonchev–Trinajstić information content (AvgIpc) is 3.21. The van der Waals surface area contributed by atoms with Crippen molar-refractivity contribution in [3.8, 4) is 0 Å². The molecule has 1 heterocycles. The molecule has 5 rings (SSSR count). The molecule has 0 bridgehead atoms. The van der Waals surface area contributed by atoms with Crippen LogP contribution in [0, 0.1) is 36.3 Å². The molecule has 0 spiro atoms. The zero-order chi connectivity index (χ0) is 28.7. The Kier molecular flexibility index (Phi) is 7.01. The maximum absolute atomic E-state index is 11.5. The van der Waals surface area contributed by atoms with Crippen molar-refractivity contribution in [1.29, 1.82) is 0 Å². The smallest absolute Gasteiger partial charge is 0.291 e. The molecule has 206 valence electrons. The fourth-order valence-corrected chi connectivity index (χ4v) is 7.35. The van der Waals surface area contributed by atoms with Crippen molar-refractivity contribution < 1.29 is 19.2 Å². The summed E-state index contributed by atoms with van der Waals surface area (Å²) in [7, 11) is 4.29. The van der Waals surface area contributed by atoms with Crippen LogP contribution in [0.1, 0.15) is 37.7 Å². The fraction of sp³-hybridized carbons (Fsp3) is 0.310. The van der Waals surface area contributed by atoms with Gasteiger partial charge in [0.2, 0.25) is 0 Å². The van der Waals surface area contributed by atoms with Crippen molar-refractivity contribution in [1.82, 2.24) is 0 Å². The maximum Gasteiger partial charge on any atom is 0.291 e. The summed E-state index contributed by atoms with van der Waals surface area (Å²) in [4.78, 5) is 33.3. The summed E-state index contributed by atoms with van der Waals surface area (Å²) in [6.07, 6.45) is 3.68. The lowest BCUT2D eigenvalue weighted by atomic mass is 9.21. The Morgan fingerprint density at radius 3 is 1.45 bits per heavy atom. The molecule has 3 aromatic carbocycles. The van der Waals surface area contributed by atoms with E-state index in [4.69, 9.17) is 0 Å². The Hall–Kier alpha value is -4.38. The number of quaternary nitrogens is 1. The number of nitro benzene ring substituents is 3. The van der Waals surface area contributed by atoms with Crippen LogP contribution in [-0.2, 0) is 0 Å². The summed E-state index contributed by atoms with van der Waals surface area (Å²) in [6, 6.07) is 19.9. The molecule has 3 aromatic rings. The number of rotatable bonds is 7. The van der Waals surface area contributed by atoms with Crippen LogP contribution >= 0.6 is 0 Å². The molecule has 10 nitrogen and oxygen atoms in total. The third kappa shape index (κ3) is 4.46. The van der Waals surface area contributed by atoms with Gasteiger partial charge in [-0.05, 0) is 24.3 Å². The molecule has 2 aliphatic rings. The van der Waals surface area contributed by atoms with Gasteiger partial charge in [-0.1, -0.05) is 61.2 Å². The van der Waals surface area contributed by atoms with E-state index in [-0.39, 0.29) is 17.1 Å². The molecule has 1 aliphatic carbocycles. The summed E-state index contributed by atoms with van der Waals surface area (Å²) in [5.41, 5.74) is 4.97. The lowest BCUT2D eigenvalue weighted by molar-refractivity contribution is -0.778. The maximum atomic E-state index is 11.5. The van der Waals surface area contributed by atoms with Crippen molar-refractivity contribution in [2.24, 2.45) is 5.92 Å². The minimum absolute atomic E-state index is 0.000847. The van der Waals surface area contributed by atoms with Crippen molar-refractivity contribution in [3.63, 3.8) is 0 Å². The number of non-ortho nitro benzene ring substituents is 3. The number of likely N-dealkylation sites (N-methyl/N-ethyl adjacent to an activating group) is 1. The topological polar surface area (TPSA) is 129 Å². The lowest BCUT2D eigenvalue weighted by Crippen LogP contribution is -2.75. The molecule has 1 aliphatic heterocycles. The van der Waals surface area contributed by atoms with E-state index in [1.165, 1.54) is 48.4 Å². The van der Waals surface area contributed by atoms with E-state index in [1.807, 2.05) is 0 Å². The highest BCUT2D eigenvalue weighted by atomic mass is 16.6. The summed E-state index contributed by atoms with van der Waals surface area (Å²) in [5, 5.41) is 34.5. The quantitative estimate of drug-likeness (QED) is 0.231.